The Morgan fingerprint density at radius 3 is 3.23 bits per heavy atom. The van der Waals surface area contributed by atoms with Crippen LogP contribution < -0.4 is 5.32 Å². The van der Waals surface area contributed by atoms with Gasteiger partial charge in [-0.2, -0.15) is 0 Å². The van der Waals surface area contributed by atoms with Crippen LogP contribution in [0.15, 0.2) is 0 Å². The van der Waals surface area contributed by atoms with Crippen LogP contribution in [0.5, 0.6) is 0 Å². The molecule has 2 heterocycles. The van der Waals surface area contributed by atoms with Gasteiger partial charge in [-0.05, 0) is 38.1 Å². The molecule has 2 nitrogen and oxygen atoms in total. The van der Waals surface area contributed by atoms with Crippen molar-refractivity contribution >= 4 is 0 Å². The van der Waals surface area contributed by atoms with Gasteiger partial charge in [-0.3, -0.25) is 0 Å². The molecule has 2 bridgehead atoms. The number of nitrogens with one attached hydrogen (secondary N) is 1. The summed E-state index contributed by atoms with van der Waals surface area (Å²) in [5.41, 5.74) is 0.343. The summed E-state index contributed by atoms with van der Waals surface area (Å²) >= 11 is 0. The van der Waals surface area contributed by atoms with E-state index >= 15 is 0 Å². The number of rotatable bonds is 2. The molecule has 4 rings (SSSR count). The minimum absolute atomic E-state index is 0.343. The summed E-state index contributed by atoms with van der Waals surface area (Å²) in [6, 6.07) is 0.764. The molecule has 4 aliphatic rings. The molecule has 0 aromatic rings. The predicted octanol–water partition coefficient (Wildman–Crippen LogP) is 1.55. The molecule has 2 saturated carbocycles. The molecule has 2 heteroatoms. The first-order valence-corrected chi connectivity index (χ1v) is 5.73. The Morgan fingerprint density at radius 1 is 1.54 bits per heavy atom. The number of hydrogen-bond acceptors (Lipinski definition) is 2. The molecule has 0 amide bonds. The smallest absolute Gasteiger partial charge is 0.0732 e. The molecule has 0 radical (unpaired) electrons. The quantitative estimate of drug-likeness (QED) is 0.698. The summed E-state index contributed by atoms with van der Waals surface area (Å²) in [6.07, 6.45) is 5.43. The van der Waals surface area contributed by atoms with Gasteiger partial charge in [0.1, 0.15) is 0 Å². The third kappa shape index (κ3) is 0.962. The third-order valence-corrected chi connectivity index (χ3v) is 4.32. The Labute approximate surface area is 80.0 Å². The number of ether oxygens (including phenoxy) is 1. The second-order valence-corrected chi connectivity index (χ2v) is 4.92. The van der Waals surface area contributed by atoms with Crippen molar-refractivity contribution in [2.75, 3.05) is 13.2 Å². The van der Waals surface area contributed by atoms with Crippen LogP contribution in [0.2, 0.25) is 0 Å². The van der Waals surface area contributed by atoms with Crippen molar-refractivity contribution in [3.05, 3.63) is 0 Å². The van der Waals surface area contributed by atoms with Gasteiger partial charge in [0.15, 0.2) is 0 Å². The van der Waals surface area contributed by atoms with Crippen LogP contribution in [0.4, 0.5) is 0 Å². The minimum Gasteiger partial charge on any atom is -0.374 e. The van der Waals surface area contributed by atoms with Crippen molar-refractivity contribution in [1.82, 2.24) is 5.32 Å². The van der Waals surface area contributed by atoms with Gasteiger partial charge in [-0.1, -0.05) is 6.92 Å². The first-order chi connectivity index (χ1) is 6.36. The zero-order valence-electron chi connectivity index (χ0n) is 8.38. The summed E-state index contributed by atoms with van der Waals surface area (Å²) in [7, 11) is 0. The third-order valence-electron chi connectivity index (χ3n) is 4.32. The normalized spacial score (nSPS) is 52.8. The van der Waals surface area contributed by atoms with Gasteiger partial charge in [0.25, 0.3) is 0 Å². The summed E-state index contributed by atoms with van der Waals surface area (Å²) in [5.74, 6) is 1.76. The molecular weight excluding hydrogens is 162 g/mol. The zero-order valence-corrected chi connectivity index (χ0v) is 8.38. The minimum atomic E-state index is 0.343. The van der Waals surface area contributed by atoms with Crippen molar-refractivity contribution in [2.45, 2.75) is 44.2 Å². The maximum Gasteiger partial charge on any atom is 0.0732 e. The van der Waals surface area contributed by atoms with Crippen molar-refractivity contribution in [1.29, 1.82) is 0 Å². The van der Waals surface area contributed by atoms with Gasteiger partial charge < -0.3 is 10.1 Å². The van der Waals surface area contributed by atoms with Crippen molar-refractivity contribution < 1.29 is 4.74 Å². The number of fused-ring (bicyclic) bond motifs is 1. The zero-order chi connectivity index (χ0) is 8.89. The van der Waals surface area contributed by atoms with Crippen LogP contribution >= 0.6 is 0 Å². The molecule has 1 N–H and O–H groups in total. The summed E-state index contributed by atoms with van der Waals surface area (Å²) in [6.45, 7) is 4.37. The van der Waals surface area contributed by atoms with E-state index in [1.807, 2.05) is 0 Å². The van der Waals surface area contributed by atoms with E-state index in [0.717, 1.165) is 31.0 Å². The molecule has 0 aromatic carbocycles. The Bertz CT molecular complexity index is 212. The van der Waals surface area contributed by atoms with Gasteiger partial charge in [0, 0.05) is 12.0 Å². The average Bonchev–Trinajstić information content (AvgIpc) is 2.62. The fourth-order valence-electron chi connectivity index (χ4n) is 3.89. The fraction of sp³-hybridized carbons (Fsp3) is 1.00. The Morgan fingerprint density at radius 2 is 2.46 bits per heavy atom. The first kappa shape index (κ1) is 8.25. The molecular formula is C11H19NO. The van der Waals surface area contributed by atoms with Gasteiger partial charge in [-0.15, -0.1) is 0 Å². The molecule has 74 valence electrons. The Hall–Kier alpha value is -0.0800. The maximum atomic E-state index is 5.96. The lowest BCUT2D eigenvalue weighted by Crippen LogP contribution is -2.59. The van der Waals surface area contributed by atoms with Crippen LogP contribution in [0.3, 0.4) is 0 Å². The van der Waals surface area contributed by atoms with E-state index in [2.05, 4.69) is 12.2 Å². The first-order valence-electron chi connectivity index (χ1n) is 5.73. The van der Waals surface area contributed by atoms with E-state index in [1.54, 1.807) is 0 Å². The van der Waals surface area contributed by atoms with E-state index in [0.29, 0.717) is 5.60 Å². The molecule has 4 atom stereocenters. The second-order valence-electron chi connectivity index (χ2n) is 4.92. The largest absolute Gasteiger partial charge is 0.374 e. The highest BCUT2D eigenvalue weighted by molar-refractivity contribution is 5.14. The van der Waals surface area contributed by atoms with E-state index in [9.17, 15) is 0 Å². The van der Waals surface area contributed by atoms with E-state index in [1.165, 1.54) is 25.7 Å². The molecule has 13 heavy (non-hydrogen) atoms. The van der Waals surface area contributed by atoms with Gasteiger partial charge in [0.05, 0.1) is 12.2 Å². The predicted molar refractivity (Wildman–Crippen MR) is 51.6 cm³/mol. The van der Waals surface area contributed by atoms with E-state index < -0.39 is 0 Å². The maximum absolute atomic E-state index is 5.96. The van der Waals surface area contributed by atoms with Crippen LogP contribution in [-0.4, -0.2) is 24.8 Å². The van der Waals surface area contributed by atoms with Gasteiger partial charge in [0.2, 0.25) is 0 Å². The molecule has 2 aliphatic carbocycles. The van der Waals surface area contributed by atoms with Gasteiger partial charge >= 0.3 is 0 Å². The Kier molecular flexibility index (Phi) is 1.72. The van der Waals surface area contributed by atoms with Crippen molar-refractivity contribution in [2.24, 2.45) is 11.8 Å². The van der Waals surface area contributed by atoms with Crippen LogP contribution in [0, 0.1) is 11.8 Å². The fourth-order valence-corrected chi connectivity index (χ4v) is 3.89. The lowest BCUT2D eigenvalue weighted by Gasteiger charge is -2.52. The highest BCUT2D eigenvalue weighted by Crippen LogP contribution is 2.60. The molecule has 4 fully saturated rings. The molecule has 2 saturated heterocycles. The molecule has 2 aliphatic heterocycles. The van der Waals surface area contributed by atoms with Gasteiger partial charge in [-0.25, -0.2) is 0 Å². The van der Waals surface area contributed by atoms with Crippen molar-refractivity contribution in [3.8, 4) is 0 Å². The van der Waals surface area contributed by atoms with Crippen LogP contribution in [-0.2, 0) is 4.74 Å². The lowest BCUT2D eigenvalue weighted by molar-refractivity contribution is -0.0925. The second kappa shape index (κ2) is 2.71. The molecule has 1 spiro atoms. The lowest BCUT2D eigenvalue weighted by atomic mass is 9.56. The van der Waals surface area contributed by atoms with Crippen LogP contribution in [0.25, 0.3) is 0 Å². The van der Waals surface area contributed by atoms with E-state index in [-0.39, 0.29) is 0 Å². The van der Waals surface area contributed by atoms with Crippen molar-refractivity contribution in [3.63, 3.8) is 0 Å². The highest BCUT2D eigenvalue weighted by Gasteiger charge is 2.63. The molecule has 0 aromatic heterocycles. The Balaban J connectivity index is 1.78. The number of hydrogen-bond donors (Lipinski definition) is 1. The SMILES string of the molecule is CCNC1CCCC23CC(CO2)C13. The average molecular weight is 181 g/mol. The summed E-state index contributed by atoms with van der Waals surface area (Å²) in [5, 5.41) is 3.63. The summed E-state index contributed by atoms with van der Waals surface area (Å²) < 4.78 is 5.96. The standard InChI is InChI=1S/C11H19NO/c1-2-12-9-4-3-5-11-6-8(7-13-11)10(9)11/h8-10,12H,2-7H2,1H3. The van der Waals surface area contributed by atoms with Crippen LogP contribution in [0.1, 0.15) is 32.6 Å². The summed E-state index contributed by atoms with van der Waals surface area (Å²) in [4.78, 5) is 0. The van der Waals surface area contributed by atoms with E-state index in [4.69, 9.17) is 4.74 Å². The highest BCUT2D eigenvalue weighted by atomic mass is 16.5. The molecule has 4 unspecified atom stereocenters. The topological polar surface area (TPSA) is 21.3 Å². The monoisotopic (exact) mass is 181 g/mol.